The molecule has 1 aromatic heterocycles. The summed E-state index contributed by atoms with van der Waals surface area (Å²) in [5.74, 6) is 3.11. The number of likely N-dealkylation sites (tertiary alicyclic amines) is 1. The summed E-state index contributed by atoms with van der Waals surface area (Å²) in [4.78, 5) is 16.7. The number of benzene rings is 1. The molecule has 5 rings (SSSR count). The van der Waals surface area contributed by atoms with Crippen molar-refractivity contribution in [1.29, 1.82) is 0 Å². The molecule has 0 amide bonds. The van der Waals surface area contributed by atoms with Crippen molar-refractivity contribution in [2.45, 2.75) is 31.9 Å². The fourth-order valence-corrected chi connectivity index (χ4v) is 5.57. The van der Waals surface area contributed by atoms with Crippen LogP contribution in [0, 0.1) is 18.8 Å². The van der Waals surface area contributed by atoms with Crippen LogP contribution < -0.4 is 9.80 Å². The van der Waals surface area contributed by atoms with Gasteiger partial charge in [0.05, 0.1) is 6.10 Å². The zero-order chi connectivity index (χ0) is 20.0. The van der Waals surface area contributed by atoms with E-state index in [0.717, 1.165) is 57.3 Å². The van der Waals surface area contributed by atoms with Gasteiger partial charge in [-0.2, -0.15) is 4.98 Å². The minimum atomic E-state index is -0.166. The second kappa shape index (κ2) is 9.90. The third kappa shape index (κ3) is 4.63. The number of aliphatic hydroxyl groups excluding tert-OH is 1. The zero-order valence-corrected chi connectivity index (χ0v) is 19.9. The maximum atomic E-state index is 9.78. The monoisotopic (exact) mass is 465 g/mol. The normalized spacial score (nSPS) is 26.4. The smallest absolute Gasteiger partial charge is 0.227 e. The van der Waals surface area contributed by atoms with Crippen molar-refractivity contribution >= 4 is 36.6 Å². The summed E-state index contributed by atoms with van der Waals surface area (Å²) in [6.45, 7) is 7.12. The van der Waals surface area contributed by atoms with E-state index < -0.39 is 0 Å². The molecule has 1 aromatic carbocycles. The van der Waals surface area contributed by atoms with Crippen molar-refractivity contribution in [2.75, 3.05) is 49.6 Å². The lowest BCUT2D eigenvalue weighted by atomic mass is 9.88. The summed E-state index contributed by atoms with van der Waals surface area (Å²) < 4.78 is 0. The highest BCUT2D eigenvalue weighted by atomic mass is 35.5. The standard InChI is InChI=1S/C23H31N5O.2ClH/c1-16-5-3-4-6-19(16)22-20-15-28(14-17(20)13-26(22)2)23-24-10-7-21(25-23)27-11-8-18(29)9-12-27;;/h3-7,10,17-18,20,22,29H,8-9,11-15H2,1-2H3;2*1H/t17-,20+,22+;;/m0../s1. The highest BCUT2D eigenvalue weighted by molar-refractivity contribution is 5.85. The molecule has 8 heteroatoms. The van der Waals surface area contributed by atoms with Crippen LogP contribution >= 0.6 is 24.8 Å². The molecule has 3 fully saturated rings. The van der Waals surface area contributed by atoms with Crippen LogP contribution in [0.15, 0.2) is 36.5 Å². The van der Waals surface area contributed by atoms with Gasteiger partial charge in [-0.1, -0.05) is 24.3 Å². The highest BCUT2D eigenvalue weighted by Crippen LogP contribution is 2.45. The fraction of sp³-hybridized carbons (Fsp3) is 0.565. The van der Waals surface area contributed by atoms with Crippen LogP contribution in [0.1, 0.15) is 30.0 Å². The van der Waals surface area contributed by atoms with Gasteiger partial charge < -0.3 is 14.9 Å². The van der Waals surface area contributed by atoms with Gasteiger partial charge in [0, 0.05) is 50.9 Å². The van der Waals surface area contributed by atoms with Crippen molar-refractivity contribution in [3.63, 3.8) is 0 Å². The van der Waals surface area contributed by atoms with Crippen molar-refractivity contribution in [1.82, 2.24) is 14.9 Å². The lowest BCUT2D eigenvalue weighted by Gasteiger charge is -2.31. The molecular formula is C23H33Cl2N5O. The first-order chi connectivity index (χ1) is 14.1. The molecule has 170 valence electrons. The van der Waals surface area contributed by atoms with E-state index in [1.54, 1.807) is 0 Å². The van der Waals surface area contributed by atoms with E-state index in [-0.39, 0.29) is 30.9 Å². The molecule has 31 heavy (non-hydrogen) atoms. The SMILES string of the molecule is Cc1ccccc1[C@@H]1[C@@H]2CN(c3nccc(N4CCC(O)CC4)n3)C[C@@H]2CN1C.Cl.Cl. The van der Waals surface area contributed by atoms with Crippen LogP contribution in [-0.4, -0.2) is 65.8 Å². The molecule has 0 saturated carbocycles. The number of halogens is 2. The number of hydrogen-bond acceptors (Lipinski definition) is 6. The zero-order valence-electron chi connectivity index (χ0n) is 18.2. The molecule has 0 aliphatic carbocycles. The van der Waals surface area contributed by atoms with Gasteiger partial charge in [0.25, 0.3) is 0 Å². The third-order valence-electron chi connectivity index (χ3n) is 7.10. The van der Waals surface area contributed by atoms with E-state index in [4.69, 9.17) is 4.98 Å². The number of rotatable bonds is 3. The molecule has 0 bridgehead atoms. The Morgan fingerprint density at radius 3 is 2.45 bits per heavy atom. The van der Waals surface area contributed by atoms with Crippen molar-refractivity contribution < 1.29 is 5.11 Å². The summed E-state index contributed by atoms with van der Waals surface area (Å²) in [6, 6.07) is 11.3. The van der Waals surface area contributed by atoms with Gasteiger partial charge in [0.2, 0.25) is 5.95 Å². The van der Waals surface area contributed by atoms with E-state index in [1.807, 2.05) is 12.3 Å². The number of anilines is 2. The number of fused-ring (bicyclic) bond motifs is 1. The van der Waals surface area contributed by atoms with E-state index in [1.165, 1.54) is 11.1 Å². The maximum absolute atomic E-state index is 9.78. The summed E-state index contributed by atoms with van der Waals surface area (Å²) in [6.07, 6.45) is 3.36. The number of nitrogens with zero attached hydrogens (tertiary/aromatic N) is 5. The van der Waals surface area contributed by atoms with Gasteiger partial charge >= 0.3 is 0 Å². The predicted octanol–water partition coefficient (Wildman–Crippen LogP) is 3.33. The molecule has 3 aliphatic rings. The molecule has 2 aromatic rings. The Morgan fingerprint density at radius 2 is 1.71 bits per heavy atom. The van der Waals surface area contributed by atoms with Gasteiger partial charge in [-0.05, 0) is 49.9 Å². The Morgan fingerprint density at radius 1 is 0.968 bits per heavy atom. The third-order valence-corrected chi connectivity index (χ3v) is 7.10. The summed E-state index contributed by atoms with van der Waals surface area (Å²) in [5.41, 5.74) is 2.85. The maximum Gasteiger partial charge on any atom is 0.227 e. The van der Waals surface area contributed by atoms with Crippen LogP contribution in [0.5, 0.6) is 0 Å². The first kappa shape index (κ1) is 24.1. The molecule has 4 heterocycles. The Bertz CT molecular complexity index is 877. The second-order valence-electron chi connectivity index (χ2n) is 9.00. The minimum Gasteiger partial charge on any atom is -0.393 e. The van der Waals surface area contributed by atoms with Crippen LogP contribution in [0.25, 0.3) is 0 Å². The van der Waals surface area contributed by atoms with E-state index in [0.29, 0.717) is 17.9 Å². The highest BCUT2D eigenvalue weighted by Gasteiger charge is 2.47. The minimum absolute atomic E-state index is 0. The van der Waals surface area contributed by atoms with E-state index in [2.05, 4.69) is 57.9 Å². The summed E-state index contributed by atoms with van der Waals surface area (Å²) in [7, 11) is 2.27. The van der Waals surface area contributed by atoms with Crippen LogP contribution in [-0.2, 0) is 0 Å². The first-order valence-corrected chi connectivity index (χ1v) is 10.9. The van der Waals surface area contributed by atoms with Crippen LogP contribution in [0.3, 0.4) is 0 Å². The summed E-state index contributed by atoms with van der Waals surface area (Å²) >= 11 is 0. The lowest BCUT2D eigenvalue weighted by Crippen LogP contribution is -2.36. The largest absolute Gasteiger partial charge is 0.393 e. The Hall–Kier alpha value is -1.60. The number of hydrogen-bond donors (Lipinski definition) is 1. The Labute approximate surface area is 197 Å². The lowest BCUT2D eigenvalue weighted by molar-refractivity contribution is 0.145. The number of piperidine rings is 1. The molecule has 6 nitrogen and oxygen atoms in total. The first-order valence-electron chi connectivity index (χ1n) is 10.9. The van der Waals surface area contributed by atoms with E-state index >= 15 is 0 Å². The van der Waals surface area contributed by atoms with Gasteiger partial charge in [-0.15, -0.1) is 24.8 Å². The average molecular weight is 466 g/mol. The predicted molar refractivity (Wildman–Crippen MR) is 130 cm³/mol. The van der Waals surface area contributed by atoms with Crippen molar-refractivity contribution in [3.05, 3.63) is 47.7 Å². The van der Waals surface area contributed by atoms with Crippen LogP contribution in [0.2, 0.25) is 0 Å². The number of aromatic nitrogens is 2. The molecule has 3 saturated heterocycles. The van der Waals surface area contributed by atoms with Gasteiger partial charge in [0.1, 0.15) is 5.82 Å². The quantitative estimate of drug-likeness (QED) is 0.749. The second-order valence-corrected chi connectivity index (χ2v) is 9.00. The van der Waals surface area contributed by atoms with Crippen molar-refractivity contribution in [2.24, 2.45) is 11.8 Å². The van der Waals surface area contributed by atoms with Gasteiger partial charge in [-0.25, -0.2) is 4.98 Å². The molecule has 3 aliphatic heterocycles. The topological polar surface area (TPSA) is 55.7 Å². The Kier molecular flexibility index (Phi) is 7.68. The average Bonchev–Trinajstić information content (AvgIpc) is 3.26. The molecule has 1 N–H and O–H groups in total. The molecule has 0 spiro atoms. The number of aryl methyl sites for hydroxylation is 1. The molecule has 0 unspecified atom stereocenters. The fourth-order valence-electron chi connectivity index (χ4n) is 5.57. The molecule has 3 atom stereocenters. The van der Waals surface area contributed by atoms with Gasteiger partial charge in [0.15, 0.2) is 0 Å². The van der Waals surface area contributed by atoms with E-state index in [9.17, 15) is 5.11 Å². The van der Waals surface area contributed by atoms with Crippen molar-refractivity contribution in [3.8, 4) is 0 Å². The molecule has 0 radical (unpaired) electrons. The number of aliphatic hydroxyl groups is 1. The molecular weight excluding hydrogens is 433 g/mol. The van der Waals surface area contributed by atoms with Gasteiger partial charge in [-0.3, -0.25) is 4.90 Å². The Balaban J connectivity index is 0.00000136. The van der Waals surface area contributed by atoms with Crippen LogP contribution in [0.4, 0.5) is 11.8 Å². The summed E-state index contributed by atoms with van der Waals surface area (Å²) in [5, 5.41) is 9.78.